The number of rotatable bonds is 4. The van der Waals surface area contributed by atoms with E-state index < -0.39 is 10.0 Å². The highest BCUT2D eigenvalue weighted by atomic mass is 32.2. The average molecular weight is 438 g/mol. The summed E-state index contributed by atoms with van der Waals surface area (Å²) in [7, 11) is -3.62. The van der Waals surface area contributed by atoms with E-state index in [1.165, 1.54) is 10.4 Å². The Balaban J connectivity index is 1.75. The van der Waals surface area contributed by atoms with Crippen LogP contribution in [0.15, 0.2) is 23.1 Å². The number of carbonyl (C=O) groups excluding carboxylic acids is 2. The van der Waals surface area contributed by atoms with Crippen LogP contribution >= 0.6 is 0 Å². The summed E-state index contributed by atoms with van der Waals surface area (Å²) in [6.07, 6.45) is 3.44. The molecule has 0 aromatic heterocycles. The summed E-state index contributed by atoms with van der Waals surface area (Å²) in [5, 5.41) is 0. The third-order valence-electron chi connectivity index (χ3n) is 5.74. The van der Waals surface area contributed by atoms with Gasteiger partial charge >= 0.3 is 6.09 Å². The monoisotopic (exact) mass is 437 g/mol. The van der Waals surface area contributed by atoms with E-state index in [-0.39, 0.29) is 16.9 Å². The van der Waals surface area contributed by atoms with E-state index in [1.807, 2.05) is 6.92 Å². The Morgan fingerprint density at radius 1 is 0.933 bits per heavy atom. The zero-order chi connectivity index (χ0) is 21.7. The first-order valence-electron chi connectivity index (χ1n) is 10.7. The molecule has 1 aromatic rings. The fraction of sp³-hybridized carbons (Fsp3) is 0.619. The lowest BCUT2D eigenvalue weighted by molar-refractivity contribution is 0.0569. The van der Waals surface area contributed by atoms with Gasteiger partial charge in [-0.3, -0.25) is 4.79 Å². The summed E-state index contributed by atoms with van der Waals surface area (Å²) >= 11 is 0. The van der Waals surface area contributed by atoms with Crippen LogP contribution in [0, 0.1) is 6.92 Å². The molecule has 2 saturated heterocycles. The van der Waals surface area contributed by atoms with Crippen molar-refractivity contribution in [3.63, 3.8) is 0 Å². The van der Waals surface area contributed by atoms with Crippen LogP contribution in [0.1, 0.15) is 48.5 Å². The molecule has 3 rings (SSSR count). The van der Waals surface area contributed by atoms with E-state index in [1.54, 1.807) is 28.9 Å². The van der Waals surface area contributed by atoms with E-state index in [0.717, 1.165) is 31.2 Å². The summed E-state index contributed by atoms with van der Waals surface area (Å²) in [6, 6.07) is 4.80. The van der Waals surface area contributed by atoms with E-state index in [4.69, 9.17) is 4.74 Å². The van der Waals surface area contributed by atoms with Crippen molar-refractivity contribution in [2.45, 2.75) is 44.4 Å². The number of nitrogens with zero attached hydrogens (tertiary/aromatic N) is 3. The van der Waals surface area contributed by atoms with Gasteiger partial charge in [-0.05, 0) is 44.4 Å². The summed E-state index contributed by atoms with van der Waals surface area (Å²) in [6.45, 7) is 6.50. The van der Waals surface area contributed by atoms with E-state index in [9.17, 15) is 18.0 Å². The predicted molar refractivity (Wildman–Crippen MR) is 113 cm³/mol. The van der Waals surface area contributed by atoms with E-state index in [0.29, 0.717) is 51.4 Å². The molecule has 9 heteroatoms. The molecule has 2 aliphatic heterocycles. The van der Waals surface area contributed by atoms with E-state index >= 15 is 0 Å². The first-order valence-corrected chi connectivity index (χ1v) is 12.1. The maximum absolute atomic E-state index is 13.1. The van der Waals surface area contributed by atoms with Crippen molar-refractivity contribution < 1.29 is 22.7 Å². The Bertz CT molecular complexity index is 871. The Morgan fingerprint density at radius 2 is 1.53 bits per heavy atom. The fourth-order valence-corrected chi connectivity index (χ4v) is 5.44. The van der Waals surface area contributed by atoms with Crippen LogP contribution in [0.2, 0.25) is 0 Å². The lowest BCUT2D eigenvalue weighted by atomic mass is 10.1. The fourth-order valence-electron chi connectivity index (χ4n) is 3.90. The quantitative estimate of drug-likeness (QED) is 0.722. The van der Waals surface area contributed by atoms with Crippen LogP contribution in [0.25, 0.3) is 0 Å². The van der Waals surface area contributed by atoms with Crippen molar-refractivity contribution in [2.75, 3.05) is 45.9 Å². The summed E-state index contributed by atoms with van der Waals surface area (Å²) in [4.78, 5) is 28.4. The van der Waals surface area contributed by atoms with Crippen LogP contribution in [-0.4, -0.2) is 80.4 Å². The third-order valence-corrected chi connectivity index (χ3v) is 7.63. The van der Waals surface area contributed by atoms with Gasteiger partial charge in [0.15, 0.2) is 0 Å². The van der Waals surface area contributed by atoms with Crippen molar-refractivity contribution in [1.29, 1.82) is 0 Å². The van der Waals surface area contributed by atoms with Crippen molar-refractivity contribution in [3.05, 3.63) is 29.3 Å². The lowest BCUT2D eigenvalue weighted by Gasteiger charge is -2.34. The Kier molecular flexibility index (Phi) is 7.36. The van der Waals surface area contributed by atoms with Crippen LogP contribution in [0.5, 0.6) is 0 Å². The number of amides is 2. The van der Waals surface area contributed by atoms with E-state index in [2.05, 4.69) is 0 Å². The third kappa shape index (κ3) is 4.95. The Labute approximate surface area is 178 Å². The van der Waals surface area contributed by atoms with Gasteiger partial charge < -0.3 is 14.5 Å². The molecule has 2 fully saturated rings. The maximum atomic E-state index is 13.1. The minimum atomic E-state index is -3.62. The van der Waals surface area contributed by atoms with Crippen LogP contribution in [0.3, 0.4) is 0 Å². The predicted octanol–water partition coefficient (Wildman–Crippen LogP) is 2.47. The highest BCUT2D eigenvalue weighted by molar-refractivity contribution is 7.89. The maximum Gasteiger partial charge on any atom is 0.409 e. The second-order valence-corrected chi connectivity index (χ2v) is 9.71. The zero-order valence-electron chi connectivity index (χ0n) is 17.8. The second-order valence-electron chi connectivity index (χ2n) is 7.77. The van der Waals surface area contributed by atoms with Gasteiger partial charge in [0, 0.05) is 44.8 Å². The largest absolute Gasteiger partial charge is 0.450 e. The SMILES string of the molecule is CCOC(=O)N1CCN(C(=O)c2cc(S(=O)(=O)N3CCCCCC3)ccc2C)CC1. The molecule has 30 heavy (non-hydrogen) atoms. The molecule has 1 aromatic carbocycles. The van der Waals surface area contributed by atoms with Gasteiger partial charge in [0.2, 0.25) is 10.0 Å². The molecule has 0 bridgehead atoms. The molecule has 0 saturated carbocycles. The molecule has 2 heterocycles. The van der Waals surface area contributed by atoms with Crippen molar-refractivity contribution in [2.24, 2.45) is 0 Å². The number of piperazine rings is 1. The van der Waals surface area contributed by atoms with Gasteiger partial charge in [0.25, 0.3) is 5.91 Å². The smallest absolute Gasteiger partial charge is 0.409 e. The lowest BCUT2D eigenvalue weighted by Crippen LogP contribution is -2.50. The minimum absolute atomic E-state index is 0.170. The normalized spacial score (nSPS) is 18.7. The molecule has 0 atom stereocenters. The molecule has 0 unspecified atom stereocenters. The molecule has 2 amide bonds. The van der Waals surface area contributed by atoms with Crippen LogP contribution in [-0.2, 0) is 14.8 Å². The summed E-state index contributed by atoms with van der Waals surface area (Å²) in [5.74, 6) is -0.205. The average Bonchev–Trinajstić information content (AvgIpc) is 3.04. The van der Waals surface area contributed by atoms with Gasteiger partial charge in [0.05, 0.1) is 11.5 Å². The first-order chi connectivity index (χ1) is 14.3. The molecular formula is C21H31N3O5S. The van der Waals surface area contributed by atoms with Gasteiger partial charge in [-0.1, -0.05) is 18.9 Å². The van der Waals surface area contributed by atoms with Crippen molar-refractivity contribution in [1.82, 2.24) is 14.1 Å². The minimum Gasteiger partial charge on any atom is -0.450 e. The van der Waals surface area contributed by atoms with Gasteiger partial charge in [-0.2, -0.15) is 4.31 Å². The highest BCUT2D eigenvalue weighted by Gasteiger charge is 2.29. The van der Waals surface area contributed by atoms with Gasteiger partial charge in [0.1, 0.15) is 0 Å². The van der Waals surface area contributed by atoms with Crippen LogP contribution < -0.4 is 0 Å². The molecule has 0 aliphatic carbocycles. The molecule has 0 N–H and O–H groups in total. The number of benzene rings is 1. The molecule has 0 spiro atoms. The molecule has 0 radical (unpaired) electrons. The Hall–Kier alpha value is -2.13. The number of ether oxygens (including phenoxy) is 1. The topological polar surface area (TPSA) is 87.2 Å². The highest BCUT2D eigenvalue weighted by Crippen LogP contribution is 2.23. The summed E-state index contributed by atoms with van der Waals surface area (Å²) in [5.41, 5.74) is 1.14. The Morgan fingerprint density at radius 3 is 2.13 bits per heavy atom. The number of sulfonamides is 1. The number of hydrogen-bond donors (Lipinski definition) is 0. The zero-order valence-corrected chi connectivity index (χ0v) is 18.6. The summed E-state index contributed by atoms with van der Waals surface area (Å²) < 4.78 is 32.8. The number of carbonyl (C=O) groups is 2. The van der Waals surface area contributed by atoms with Gasteiger partial charge in [-0.25, -0.2) is 13.2 Å². The molecule has 166 valence electrons. The second kappa shape index (κ2) is 9.78. The standard InChI is InChI=1S/C21H31N3O5S/c1-3-29-21(26)23-14-12-22(13-15-23)20(25)19-16-18(9-8-17(19)2)30(27,28)24-10-6-4-5-7-11-24/h8-9,16H,3-7,10-15H2,1-2H3. The molecular weight excluding hydrogens is 406 g/mol. The number of hydrogen-bond acceptors (Lipinski definition) is 5. The van der Waals surface area contributed by atoms with Crippen molar-refractivity contribution in [3.8, 4) is 0 Å². The molecule has 8 nitrogen and oxygen atoms in total. The van der Waals surface area contributed by atoms with Crippen molar-refractivity contribution >= 4 is 22.0 Å². The first kappa shape index (κ1) is 22.6. The number of aryl methyl sites for hydroxylation is 1. The van der Waals surface area contributed by atoms with Crippen LogP contribution in [0.4, 0.5) is 4.79 Å². The van der Waals surface area contributed by atoms with Gasteiger partial charge in [-0.15, -0.1) is 0 Å². The molecule has 2 aliphatic rings.